The van der Waals surface area contributed by atoms with Gasteiger partial charge in [-0.05, 0) is 61.6 Å². The molecule has 2 heterocycles. The largest absolute Gasteiger partial charge is 0.490 e. The van der Waals surface area contributed by atoms with Crippen molar-refractivity contribution in [3.63, 3.8) is 0 Å². The highest BCUT2D eigenvalue weighted by atomic mass is 16.5. The Bertz CT molecular complexity index is 1260. The van der Waals surface area contributed by atoms with Crippen LogP contribution in [-0.2, 0) is 11.2 Å². The Morgan fingerprint density at radius 2 is 2.15 bits per heavy atom. The van der Waals surface area contributed by atoms with Gasteiger partial charge < -0.3 is 19.3 Å². The smallest absolute Gasteiger partial charge is 0.258 e. The van der Waals surface area contributed by atoms with Gasteiger partial charge in [-0.15, -0.1) is 0 Å². The summed E-state index contributed by atoms with van der Waals surface area (Å²) in [7, 11) is 0. The summed E-state index contributed by atoms with van der Waals surface area (Å²) >= 11 is 0. The molecule has 0 bridgehead atoms. The van der Waals surface area contributed by atoms with E-state index in [1.54, 1.807) is 17.0 Å². The van der Waals surface area contributed by atoms with E-state index < -0.39 is 0 Å². The molecule has 1 aliphatic carbocycles. The van der Waals surface area contributed by atoms with E-state index in [0.29, 0.717) is 41.6 Å². The van der Waals surface area contributed by atoms with Gasteiger partial charge in [0.15, 0.2) is 0 Å². The van der Waals surface area contributed by atoms with E-state index in [0.717, 1.165) is 23.1 Å². The van der Waals surface area contributed by atoms with Crippen molar-refractivity contribution < 1.29 is 19.2 Å². The lowest BCUT2D eigenvalue weighted by Gasteiger charge is -2.24. The summed E-state index contributed by atoms with van der Waals surface area (Å²) in [6, 6.07) is 13.3. The average molecular weight is 444 g/mol. The Hall–Kier alpha value is -3.70. The van der Waals surface area contributed by atoms with Crippen molar-refractivity contribution >= 4 is 5.91 Å². The first-order chi connectivity index (χ1) is 16.0. The molecule has 1 saturated heterocycles. The number of fused-ring (bicyclic) bond motifs is 3. The lowest BCUT2D eigenvalue weighted by atomic mass is 10.0. The Balaban J connectivity index is 1.48. The van der Waals surface area contributed by atoms with Gasteiger partial charge in [-0.25, -0.2) is 0 Å². The molecule has 1 aromatic heterocycles. The fourth-order valence-electron chi connectivity index (χ4n) is 4.98. The van der Waals surface area contributed by atoms with Crippen molar-refractivity contribution in [2.75, 3.05) is 13.2 Å². The van der Waals surface area contributed by atoms with Crippen LogP contribution in [0.5, 0.6) is 5.75 Å². The number of aromatic nitrogens is 2. The van der Waals surface area contributed by atoms with E-state index >= 15 is 0 Å². The average Bonchev–Trinajstić information content (AvgIpc) is 3.49. The van der Waals surface area contributed by atoms with Crippen LogP contribution in [0.3, 0.4) is 0 Å². The number of nitrogens with zero attached hydrogens (tertiary/aromatic N) is 4. The highest BCUT2D eigenvalue weighted by Crippen LogP contribution is 2.49. The number of rotatable bonds is 6. The van der Waals surface area contributed by atoms with Crippen LogP contribution < -0.4 is 4.74 Å². The van der Waals surface area contributed by atoms with Crippen LogP contribution in [0.1, 0.15) is 43.0 Å². The van der Waals surface area contributed by atoms with Gasteiger partial charge in [0.2, 0.25) is 11.7 Å². The molecule has 0 spiro atoms. The van der Waals surface area contributed by atoms with Crippen LogP contribution in [0, 0.1) is 17.2 Å². The van der Waals surface area contributed by atoms with Crippen molar-refractivity contribution in [3.8, 4) is 34.7 Å². The molecule has 1 amide bonds. The summed E-state index contributed by atoms with van der Waals surface area (Å²) in [5.41, 5.74) is 4.13. The third kappa shape index (κ3) is 3.64. The molecule has 5 rings (SSSR count). The molecule has 0 radical (unpaired) electrons. The Morgan fingerprint density at radius 1 is 1.30 bits per heavy atom. The molecule has 1 N–H and O–H groups in total. The summed E-state index contributed by atoms with van der Waals surface area (Å²) in [6.07, 6.45) is 1.19. The maximum absolute atomic E-state index is 12.4. The van der Waals surface area contributed by atoms with Gasteiger partial charge in [-0.1, -0.05) is 17.3 Å². The fraction of sp³-hybridized carbons (Fsp3) is 0.360. The number of nitriles is 1. The Kier molecular flexibility index (Phi) is 5.35. The highest BCUT2D eigenvalue weighted by Gasteiger charge is 2.46. The lowest BCUT2D eigenvalue weighted by Crippen LogP contribution is -2.30. The van der Waals surface area contributed by atoms with Crippen LogP contribution in [0.15, 0.2) is 40.9 Å². The van der Waals surface area contributed by atoms with E-state index in [-0.39, 0.29) is 30.6 Å². The van der Waals surface area contributed by atoms with Gasteiger partial charge >= 0.3 is 0 Å². The van der Waals surface area contributed by atoms with Crippen molar-refractivity contribution in [2.45, 2.75) is 38.8 Å². The number of aliphatic hydroxyl groups excluding tert-OH is 1. The molecule has 2 aliphatic rings. The van der Waals surface area contributed by atoms with Gasteiger partial charge in [-0.3, -0.25) is 4.79 Å². The molecule has 2 atom stereocenters. The van der Waals surface area contributed by atoms with E-state index in [1.165, 1.54) is 0 Å². The fourth-order valence-corrected chi connectivity index (χ4v) is 4.98. The monoisotopic (exact) mass is 444 g/mol. The van der Waals surface area contributed by atoms with Crippen LogP contribution in [0.4, 0.5) is 0 Å². The quantitative estimate of drug-likeness (QED) is 0.619. The topological polar surface area (TPSA) is 112 Å². The summed E-state index contributed by atoms with van der Waals surface area (Å²) in [6.45, 7) is 4.10. The normalized spacial score (nSPS) is 19.0. The number of benzene rings is 2. The predicted molar refractivity (Wildman–Crippen MR) is 119 cm³/mol. The van der Waals surface area contributed by atoms with Crippen LogP contribution >= 0.6 is 0 Å². The molecule has 33 heavy (non-hydrogen) atoms. The van der Waals surface area contributed by atoms with Crippen LogP contribution in [0.25, 0.3) is 22.8 Å². The van der Waals surface area contributed by atoms with Crippen LogP contribution in [-0.4, -0.2) is 45.3 Å². The number of hydrogen-bond acceptors (Lipinski definition) is 7. The minimum atomic E-state index is -0.0529. The number of likely N-dealkylation sites (tertiary alicyclic amines) is 1. The second kappa shape index (κ2) is 8.34. The van der Waals surface area contributed by atoms with Crippen LogP contribution in [0.2, 0.25) is 0 Å². The lowest BCUT2D eigenvalue weighted by molar-refractivity contribution is -0.129. The maximum Gasteiger partial charge on any atom is 0.258 e. The minimum absolute atomic E-state index is 0.0197. The van der Waals surface area contributed by atoms with Crippen molar-refractivity contribution in [1.82, 2.24) is 15.0 Å². The number of aliphatic hydroxyl groups is 1. The van der Waals surface area contributed by atoms with Gasteiger partial charge in [0, 0.05) is 24.1 Å². The van der Waals surface area contributed by atoms with Gasteiger partial charge in [0.1, 0.15) is 11.8 Å². The Morgan fingerprint density at radius 3 is 2.91 bits per heavy atom. The summed E-state index contributed by atoms with van der Waals surface area (Å²) in [4.78, 5) is 18.8. The molecule has 1 aliphatic heterocycles. The number of β-amino-alcohol motifs (C(OH)–C–C–N with tert-alkyl or cyclic N) is 1. The number of carbonyl (C=O) groups excluding carboxylic acids is 1. The molecule has 0 saturated carbocycles. The first-order valence-electron chi connectivity index (χ1n) is 11.1. The highest BCUT2D eigenvalue weighted by molar-refractivity contribution is 5.81. The zero-order valence-corrected chi connectivity index (χ0v) is 18.5. The van der Waals surface area contributed by atoms with Crippen molar-refractivity contribution in [2.24, 2.45) is 5.92 Å². The maximum atomic E-state index is 12.4. The summed E-state index contributed by atoms with van der Waals surface area (Å²) < 4.78 is 11.3. The van der Waals surface area contributed by atoms with E-state index in [9.17, 15) is 15.2 Å². The van der Waals surface area contributed by atoms with E-state index in [1.807, 2.05) is 38.1 Å². The molecule has 8 nitrogen and oxygen atoms in total. The standard InChI is InChI=1S/C25H24N4O4/c1-14(2)32-21-7-6-15(10-17(21)13-26)24-27-25(33-28-24)19-5-3-4-18-20(19)11-16-12-22(31)29(8-9-30)23(16)18/h3-7,10,14,16,23,30H,8-9,11-12H2,1-2H3/t16-,23+/m1/s1. The third-order valence-corrected chi connectivity index (χ3v) is 6.25. The van der Waals surface area contributed by atoms with Gasteiger partial charge in [0.05, 0.1) is 24.3 Å². The molecule has 8 heteroatoms. The number of hydrogen-bond donors (Lipinski definition) is 1. The first-order valence-corrected chi connectivity index (χ1v) is 11.1. The summed E-state index contributed by atoms with van der Waals surface area (Å²) in [5, 5.41) is 23.1. The van der Waals surface area contributed by atoms with Crippen molar-refractivity contribution in [1.29, 1.82) is 5.26 Å². The van der Waals surface area contributed by atoms with Gasteiger partial charge in [0.25, 0.3) is 5.89 Å². The molecule has 1 fully saturated rings. The molecular formula is C25H24N4O4. The molecule has 2 aromatic carbocycles. The second-order valence-corrected chi connectivity index (χ2v) is 8.71. The minimum Gasteiger partial charge on any atom is -0.490 e. The zero-order chi connectivity index (χ0) is 23.1. The number of carbonyl (C=O) groups is 1. The zero-order valence-electron chi connectivity index (χ0n) is 18.5. The van der Waals surface area contributed by atoms with Crippen molar-refractivity contribution in [3.05, 3.63) is 53.1 Å². The number of amides is 1. The number of ether oxygens (including phenoxy) is 1. The summed E-state index contributed by atoms with van der Waals surface area (Å²) in [5.74, 6) is 1.60. The molecule has 3 aromatic rings. The van der Waals surface area contributed by atoms with Gasteiger partial charge in [-0.2, -0.15) is 10.2 Å². The van der Waals surface area contributed by atoms with E-state index in [2.05, 4.69) is 16.2 Å². The predicted octanol–water partition coefficient (Wildman–Crippen LogP) is 3.50. The first kappa shape index (κ1) is 21.2. The SMILES string of the molecule is CC(C)Oc1ccc(-c2noc(-c3cccc4c3C[C@@H]3CC(=O)N(CCO)[C@H]43)n2)cc1C#N. The Labute approximate surface area is 191 Å². The third-order valence-electron chi connectivity index (χ3n) is 6.25. The molecule has 168 valence electrons. The molecule has 0 unspecified atom stereocenters. The second-order valence-electron chi connectivity index (χ2n) is 8.71. The molecular weight excluding hydrogens is 420 g/mol. The van der Waals surface area contributed by atoms with E-state index in [4.69, 9.17) is 9.26 Å².